The van der Waals surface area contributed by atoms with E-state index in [4.69, 9.17) is 0 Å². The van der Waals surface area contributed by atoms with Crippen molar-refractivity contribution in [3.63, 3.8) is 0 Å². The molecule has 0 aromatic carbocycles. The minimum atomic E-state index is -4.65. The SMILES string of the molecule is CC(NC(=O)Nc1ccc2ncnn2c1)c1nc(C(F)(F)F)n[nH]1. The standard InChI is InChI=1S/C12H11F3N8O/c1-6(9-20-10(22-21-9)12(13,14)15)18-11(24)19-7-2-3-8-16-5-17-23(8)4-7/h2-6H,1H3,(H2,18,19,24)(H,20,21,22). The Bertz CT molecular complexity index is 870. The lowest BCUT2D eigenvalue weighted by atomic mass is 10.3. The first-order chi connectivity index (χ1) is 11.3. The van der Waals surface area contributed by atoms with Gasteiger partial charge in [-0.1, -0.05) is 0 Å². The predicted molar refractivity (Wildman–Crippen MR) is 74.9 cm³/mol. The zero-order chi connectivity index (χ0) is 17.3. The molecule has 0 saturated heterocycles. The Hall–Kier alpha value is -3.18. The van der Waals surface area contributed by atoms with Gasteiger partial charge in [0.1, 0.15) is 12.2 Å². The number of H-pyrrole nitrogens is 1. The lowest BCUT2D eigenvalue weighted by Crippen LogP contribution is -2.31. The van der Waals surface area contributed by atoms with Crippen LogP contribution in [0.4, 0.5) is 23.7 Å². The number of nitrogens with one attached hydrogen (secondary N) is 3. The quantitative estimate of drug-likeness (QED) is 0.672. The van der Waals surface area contributed by atoms with E-state index in [0.717, 1.165) is 0 Å². The molecule has 1 atom stereocenters. The van der Waals surface area contributed by atoms with Crippen LogP contribution in [0.3, 0.4) is 0 Å². The van der Waals surface area contributed by atoms with E-state index in [-0.39, 0.29) is 5.82 Å². The lowest BCUT2D eigenvalue weighted by molar-refractivity contribution is -0.144. The summed E-state index contributed by atoms with van der Waals surface area (Å²) in [7, 11) is 0. The van der Waals surface area contributed by atoms with Crippen LogP contribution in [-0.4, -0.2) is 35.8 Å². The molecule has 0 aliphatic carbocycles. The molecule has 0 saturated carbocycles. The number of rotatable bonds is 3. The number of alkyl halides is 3. The summed E-state index contributed by atoms with van der Waals surface area (Å²) in [4.78, 5) is 19.2. The average Bonchev–Trinajstić information content (AvgIpc) is 3.15. The van der Waals surface area contributed by atoms with Gasteiger partial charge in [-0.05, 0) is 19.1 Å². The second kappa shape index (κ2) is 5.79. The van der Waals surface area contributed by atoms with E-state index in [9.17, 15) is 18.0 Å². The van der Waals surface area contributed by atoms with Crippen molar-refractivity contribution in [1.82, 2.24) is 35.1 Å². The third kappa shape index (κ3) is 3.26. The number of carbonyl (C=O) groups excluding carboxylic acids is 1. The molecule has 24 heavy (non-hydrogen) atoms. The Morgan fingerprint density at radius 1 is 1.38 bits per heavy atom. The van der Waals surface area contributed by atoms with Crippen molar-refractivity contribution in [3.8, 4) is 0 Å². The van der Waals surface area contributed by atoms with Gasteiger partial charge < -0.3 is 10.6 Å². The zero-order valence-electron chi connectivity index (χ0n) is 12.2. The molecule has 0 aliphatic heterocycles. The second-order valence-electron chi connectivity index (χ2n) is 4.84. The fraction of sp³-hybridized carbons (Fsp3) is 0.250. The molecular formula is C12H11F3N8O. The number of amides is 2. The minimum absolute atomic E-state index is 0.107. The van der Waals surface area contributed by atoms with Gasteiger partial charge in [-0.3, -0.25) is 5.10 Å². The number of fused-ring (bicyclic) bond motifs is 1. The van der Waals surface area contributed by atoms with E-state index in [2.05, 4.69) is 35.9 Å². The lowest BCUT2D eigenvalue weighted by Gasteiger charge is -2.12. The van der Waals surface area contributed by atoms with Crippen LogP contribution < -0.4 is 10.6 Å². The van der Waals surface area contributed by atoms with Crippen LogP contribution in [0.15, 0.2) is 24.7 Å². The topological polar surface area (TPSA) is 113 Å². The van der Waals surface area contributed by atoms with Gasteiger partial charge in [-0.2, -0.15) is 18.3 Å². The van der Waals surface area contributed by atoms with E-state index in [1.54, 1.807) is 18.3 Å². The van der Waals surface area contributed by atoms with E-state index in [1.807, 2.05) is 0 Å². The Labute approximate surface area is 132 Å². The van der Waals surface area contributed by atoms with Gasteiger partial charge in [0.2, 0.25) is 0 Å². The number of aromatic amines is 1. The van der Waals surface area contributed by atoms with Crippen LogP contribution in [0, 0.1) is 0 Å². The van der Waals surface area contributed by atoms with Crippen LogP contribution in [-0.2, 0) is 6.18 Å². The first-order valence-corrected chi connectivity index (χ1v) is 6.69. The molecule has 3 aromatic heterocycles. The van der Waals surface area contributed by atoms with Crippen LogP contribution in [0.2, 0.25) is 0 Å². The largest absolute Gasteiger partial charge is 0.453 e. The molecule has 2 amide bonds. The Morgan fingerprint density at radius 3 is 2.88 bits per heavy atom. The zero-order valence-corrected chi connectivity index (χ0v) is 12.2. The molecule has 1 unspecified atom stereocenters. The molecular weight excluding hydrogens is 329 g/mol. The Morgan fingerprint density at radius 2 is 2.17 bits per heavy atom. The molecule has 3 heterocycles. The smallest absolute Gasteiger partial charge is 0.328 e. The summed E-state index contributed by atoms with van der Waals surface area (Å²) in [5, 5.41) is 14.2. The number of nitrogens with zero attached hydrogens (tertiary/aromatic N) is 5. The van der Waals surface area contributed by atoms with Gasteiger partial charge in [-0.25, -0.2) is 19.3 Å². The number of anilines is 1. The Balaban J connectivity index is 1.64. The maximum absolute atomic E-state index is 12.5. The molecule has 3 aromatic rings. The summed E-state index contributed by atoms with van der Waals surface area (Å²) in [5.41, 5.74) is 1.04. The summed E-state index contributed by atoms with van der Waals surface area (Å²) in [6.45, 7) is 1.47. The molecule has 3 N–H and O–H groups in total. The van der Waals surface area contributed by atoms with E-state index in [1.165, 1.54) is 17.8 Å². The second-order valence-corrected chi connectivity index (χ2v) is 4.84. The van der Waals surface area contributed by atoms with Crippen LogP contribution in [0.1, 0.15) is 24.6 Å². The summed E-state index contributed by atoms with van der Waals surface area (Å²) in [5.74, 6) is -1.40. The molecule has 0 fully saturated rings. The number of pyridine rings is 1. The van der Waals surface area contributed by atoms with E-state index >= 15 is 0 Å². The summed E-state index contributed by atoms with van der Waals surface area (Å²) >= 11 is 0. The number of aromatic nitrogens is 6. The highest BCUT2D eigenvalue weighted by molar-refractivity contribution is 5.89. The number of halogens is 3. The van der Waals surface area contributed by atoms with Gasteiger partial charge in [0.05, 0.1) is 17.9 Å². The molecule has 0 bridgehead atoms. The molecule has 0 aliphatic rings. The van der Waals surface area contributed by atoms with Crippen molar-refractivity contribution >= 4 is 17.4 Å². The summed E-state index contributed by atoms with van der Waals surface area (Å²) in [6.07, 6.45) is -1.74. The fourth-order valence-corrected chi connectivity index (χ4v) is 1.92. The van der Waals surface area contributed by atoms with Gasteiger partial charge in [0, 0.05) is 0 Å². The normalized spacial score (nSPS) is 13.0. The molecule has 0 radical (unpaired) electrons. The van der Waals surface area contributed by atoms with Crippen LogP contribution in [0.5, 0.6) is 0 Å². The van der Waals surface area contributed by atoms with Crippen molar-refractivity contribution in [3.05, 3.63) is 36.3 Å². The van der Waals surface area contributed by atoms with Crippen molar-refractivity contribution in [1.29, 1.82) is 0 Å². The molecule has 3 rings (SSSR count). The van der Waals surface area contributed by atoms with E-state index in [0.29, 0.717) is 11.3 Å². The third-order valence-corrected chi connectivity index (χ3v) is 3.05. The molecule has 9 nitrogen and oxygen atoms in total. The van der Waals surface area contributed by atoms with Crippen molar-refractivity contribution < 1.29 is 18.0 Å². The first-order valence-electron chi connectivity index (χ1n) is 6.69. The molecule has 0 spiro atoms. The average molecular weight is 340 g/mol. The highest BCUT2D eigenvalue weighted by Gasteiger charge is 2.36. The van der Waals surface area contributed by atoms with Crippen LogP contribution in [0.25, 0.3) is 5.65 Å². The predicted octanol–water partition coefficient (Wildman–Crippen LogP) is 1.75. The van der Waals surface area contributed by atoms with Crippen molar-refractivity contribution in [2.75, 3.05) is 5.32 Å². The van der Waals surface area contributed by atoms with Crippen molar-refractivity contribution in [2.45, 2.75) is 19.1 Å². The molecule has 12 heteroatoms. The monoisotopic (exact) mass is 340 g/mol. The molecule has 126 valence electrons. The number of hydrogen-bond donors (Lipinski definition) is 3. The third-order valence-electron chi connectivity index (χ3n) is 3.05. The van der Waals surface area contributed by atoms with Gasteiger partial charge in [0.25, 0.3) is 5.82 Å². The first kappa shape index (κ1) is 15.7. The highest BCUT2D eigenvalue weighted by Crippen LogP contribution is 2.26. The number of urea groups is 1. The van der Waals surface area contributed by atoms with Crippen LogP contribution >= 0.6 is 0 Å². The highest BCUT2D eigenvalue weighted by atomic mass is 19.4. The summed E-state index contributed by atoms with van der Waals surface area (Å²) in [6, 6.07) is 1.85. The number of carbonyl (C=O) groups is 1. The van der Waals surface area contributed by atoms with Gasteiger partial charge >= 0.3 is 12.2 Å². The Kier molecular flexibility index (Phi) is 3.79. The maximum atomic E-state index is 12.5. The minimum Gasteiger partial charge on any atom is -0.328 e. The summed E-state index contributed by atoms with van der Waals surface area (Å²) < 4.78 is 38.8. The van der Waals surface area contributed by atoms with E-state index < -0.39 is 24.1 Å². The number of hydrogen-bond acceptors (Lipinski definition) is 5. The van der Waals surface area contributed by atoms with Gasteiger partial charge in [-0.15, -0.1) is 5.10 Å². The van der Waals surface area contributed by atoms with Crippen molar-refractivity contribution in [2.24, 2.45) is 0 Å². The van der Waals surface area contributed by atoms with Gasteiger partial charge in [0.15, 0.2) is 5.65 Å². The maximum Gasteiger partial charge on any atom is 0.453 e. The fourth-order valence-electron chi connectivity index (χ4n) is 1.92.